The van der Waals surface area contributed by atoms with Gasteiger partial charge >= 0.3 is 0 Å². The number of piperidine rings is 1. The van der Waals surface area contributed by atoms with E-state index in [0.717, 1.165) is 36.7 Å². The SMILES string of the molecule is O=C1[C@H]2[C@H](CC=C3[C@H]2C[C@@]2(Cl)C(=O)N(c4ccc(F)cc4)C(=O)[C@@]2(Cl)[C@H]3c2ccc(O)c3ccccc23)C(=O)N1C1CCN(Cc2ccccc2)CC1. The number of nitrogens with zero attached hydrogens (tertiary/aromatic N) is 3. The molecule has 4 fully saturated rings. The molecule has 6 atom stereocenters. The third-order valence-corrected chi connectivity index (χ3v) is 13.8. The summed E-state index contributed by atoms with van der Waals surface area (Å²) < 4.78 is 14.0. The van der Waals surface area contributed by atoms with Crippen molar-refractivity contribution in [1.82, 2.24) is 9.80 Å². The normalized spacial score (nSPS) is 30.4. The van der Waals surface area contributed by atoms with Crippen LogP contribution in [0.1, 0.15) is 42.7 Å². The number of carbonyl (C=O) groups is 4. The molecular weight excluding hydrogens is 716 g/mol. The first-order valence-electron chi connectivity index (χ1n) is 18.1. The minimum absolute atomic E-state index is 0.0268. The Bertz CT molecular complexity index is 2220. The van der Waals surface area contributed by atoms with Crippen molar-refractivity contribution < 1.29 is 28.7 Å². The third kappa shape index (κ3) is 4.96. The maximum atomic E-state index is 14.8. The first-order valence-corrected chi connectivity index (χ1v) is 18.8. The van der Waals surface area contributed by atoms with E-state index in [-0.39, 0.29) is 42.1 Å². The monoisotopic (exact) mass is 751 g/mol. The Hall–Kier alpha value is -4.57. The van der Waals surface area contributed by atoms with Crippen LogP contribution >= 0.6 is 23.2 Å². The Morgan fingerprint density at radius 1 is 0.774 bits per heavy atom. The highest BCUT2D eigenvalue weighted by atomic mass is 35.5. The van der Waals surface area contributed by atoms with Crippen LogP contribution in [-0.4, -0.2) is 67.4 Å². The van der Waals surface area contributed by atoms with Gasteiger partial charge in [0, 0.05) is 37.0 Å². The van der Waals surface area contributed by atoms with Crippen molar-refractivity contribution in [3.8, 4) is 5.75 Å². The number of alkyl halides is 2. The minimum Gasteiger partial charge on any atom is -0.507 e. The number of aromatic hydroxyl groups is 1. The van der Waals surface area contributed by atoms with Gasteiger partial charge in [-0.25, -0.2) is 9.29 Å². The second-order valence-corrected chi connectivity index (χ2v) is 16.3. The van der Waals surface area contributed by atoms with Crippen LogP contribution in [0.3, 0.4) is 0 Å². The number of likely N-dealkylation sites (tertiary alicyclic amines) is 2. The smallest absolute Gasteiger partial charge is 0.258 e. The molecule has 0 bridgehead atoms. The number of rotatable bonds is 5. The summed E-state index contributed by atoms with van der Waals surface area (Å²) >= 11 is 15.2. The molecule has 1 saturated carbocycles. The number of benzene rings is 4. The zero-order valence-electron chi connectivity index (χ0n) is 28.6. The molecule has 2 aliphatic carbocycles. The molecule has 1 N–H and O–H groups in total. The summed E-state index contributed by atoms with van der Waals surface area (Å²) in [5.41, 5.74) is 2.57. The second-order valence-electron chi connectivity index (χ2n) is 15.0. The molecule has 4 aromatic carbocycles. The molecule has 0 aromatic heterocycles. The summed E-state index contributed by atoms with van der Waals surface area (Å²) in [6.07, 6.45) is 3.35. The molecule has 53 heavy (non-hydrogen) atoms. The molecule has 4 amide bonds. The largest absolute Gasteiger partial charge is 0.507 e. The number of fused-ring (bicyclic) bond motifs is 5. The van der Waals surface area contributed by atoms with Crippen LogP contribution in [0.2, 0.25) is 0 Å². The predicted molar refractivity (Wildman–Crippen MR) is 199 cm³/mol. The lowest BCUT2D eigenvalue weighted by Gasteiger charge is -2.51. The van der Waals surface area contributed by atoms with Crippen molar-refractivity contribution in [3.05, 3.63) is 120 Å². The zero-order valence-corrected chi connectivity index (χ0v) is 30.1. The fraction of sp³-hybridized carbons (Fsp3) is 0.333. The zero-order chi connectivity index (χ0) is 36.8. The lowest BCUT2D eigenvalue weighted by molar-refractivity contribution is -0.144. The van der Waals surface area contributed by atoms with Crippen LogP contribution < -0.4 is 4.90 Å². The molecule has 0 spiro atoms. The number of halogens is 3. The van der Waals surface area contributed by atoms with E-state index in [2.05, 4.69) is 17.0 Å². The highest BCUT2D eigenvalue weighted by Gasteiger charge is 2.76. The van der Waals surface area contributed by atoms with Crippen LogP contribution in [0, 0.1) is 23.6 Å². The third-order valence-electron chi connectivity index (χ3n) is 12.3. The average Bonchev–Trinajstić information content (AvgIpc) is 3.51. The molecule has 3 saturated heterocycles. The van der Waals surface area contributed by atoms with E-state index in [4.69, 9.17) is 23.2 Å². The summed E-state index contributed by atoms with van der Waals surface area (Å²) in [7, 11) is 0. The Morgan fingerprint density at radius 2 is 1.45 bits per heavy atom. The standard InChI is InChI=1S/C42H36Cl2FN3O5/c43-41-22-33-31(14-15-32-35(33)38(51)47(37(32)50)27-18-20-46(21-19-27)23-24-6-2-1-3-7-24)36(30-16-17-34(49)29-9-5-4-8-28(29)30)42(41,44)40(53)48(39(41)52)26-12-10-25(45)11-13-26/h1-14,16-17,27,32-33,35-36,49H,15,18-23H2/t32-,33+,35-,36-,41+,42-/m0/s1. The van der Waals surface area contributed by atoms with Crippen LogP contribution in [0.15, 0.2) is 103 Å². The summed E-state index contributed by atoms with van der Waals surface area (Å²) in [6.45, 7) is 2.28. The number of phenols is 1. The van der Waals surface area contributed by atoms with Crippen LogP contribution in [0.5, 0.6) is 5.75 Å². The highest BCUT2D eigenvalue weighted by molar-refractivity contribution is 6.58. The van der Waals surface area contributed by atoms with Gasteiger partial charge in [-0.15, -0.1) is 23.2 Å². The first-order chi connectivity index (χ1) is 25.5. The quantitative estimate of drug-likeness (QED) is 0.135. The molecule has 3 heterocycles. The lowest BCUT2D eigenvalue weighted by Crippen LogP contribution is -2.60. The van der Waals surface area contributed by atoms with E-state index >= 15 is 0 Å². The van der Waals surface area contributed by atoms with Crippen molar-refractivity contribution in [2.75, 3.05) is 18.0 Å². The summed E-state index contributed by atoms with van der Waals surface area (Å²) in [4.78, 5) is 58.9. The van der Waals surface area contributed by atoms with Gasteiger partial charge in [0.05, 0.1) is 17.5 Å². The van der Waals surface area contributed by atoms with E-state index in [1.807, 2.05) is 30.3 Å². The van der Waals surface area contributed by atoms with Crippen molar-refractivity contribution in [1.29, 1.82) is 0 Å². The van der Waals surface area contributed by atoms with Crippen LogP contribution in [-0.2, 0) is 25.7 Å². The van der Waals surface area contributed by atoms with Gasteiger partial charge < -0.3 is 5.11 Å². The number of imide groups is 2. The summed E-state index contributed by atoms with van der Waals surface area (Å²) in [6, 6.07) is 25.3. The molecule has 9 rings (SSSR count). The number of allylic oxidation sites excluding steroid dienone is 2. The Balaban J connectivity index is 1.11. The molecule has 8 nitrogen and oxygen atoms in total. The summed E-state index contributed by atoms with van der Waals surface area (Å²) in [5.74, 6) is -5.65. The maximum absolute atomic E-state index is 14.8. The molecular formula is C42H36Cl2FN3O5. The fourth-order valence-corrected chi connectivity index (χ4v) is 10.8. The van der Waals surface area contributed by atoms with Crippen molar-refractivity contribution >= 4 is 63.3 Å². The lowest BCUT2D eigenvalue weighted by atomic mass is 9.56. The molecule has 0 radical (unpaired) electrons. The summed E-state index contributed by atoms with van der Waals surface area (Å²) in [5, 5.41) is 12.0. The first kappa shape index (κ1) is 34.2. The van der Waals surface area contributed by atoms with E-state index in [0.29, 0.717) is 34.8 Å². The Kier molecular flexibility index (Phi) is 8.07. The molecule has 270 valence electrons. The predicted octanol–water partition coefficient (Wildman–Crippen LogP) is 6.91. The van der Waals surface area contributed by atoms with Gasteiger partial charge in [0.25, 0.3) is 11.8 Å². The van der Waals surface area contributed by atoms with Gasteiger partial charge in [0.2, 0.25) is 11.8 Å². The molecule has 3 aliphatic heterocycles. The van der Waals surface area contributed by atoms with Gasteiger partial charge in [-0.3, -0.25) is 29.0 Å². The van der Waals surface area contributed by atoms with Crippen molar-refractivity contribution in [3.63, 3.8) is 0 Å². The highest BCUT2D eigenvalue weighted by Crippen LogP contribution is 2.66. The second kappa shape index (κ2) is 12.5. The number of amides is 4. The van der Waals surface area contributed by atoms with E-state index in [1.165, 1.54) is 28.7 Å². The van der Waals surface area contributed by atoms with Gasteiger partial charge in [0.15, 0.2) is 9.75 Å². The van der Waals surface area contributed by atoms with E-state index in [1.54, 1.807) is 24.3 Å². The van der Waals surface area contributed by atoms with Gasteiger partial charge in [-0.1, -0.05) is 72.3 Å². The Morgan fingerprint density at radius 3 is 2.17 bits per heavy atom. The van der Waals surface area contributed by atoms with Crippen LogP contribution in [0.4, 0.5) is 10.1 Å². The van der Waals surface area contributed by atoms with Crippen LogP contribution in [0.25, 0.3) is 10.8 Å². The van der Waals surface area contributed by atoms with Crippen molar-refractivity contribution in [2.45, 2.75) is 53.9 Å². The van der Waals surface area contributed by atoms with E-state index in [9.17, 15) is 28.7 Å². The minimum atomic E-state index is -2.06. The number of hydrogen-bond donors (Lipinski definition) is 1. The number of anilines is 1. The topological polar surface area (TPSA) is 98.2 Å². The fourth-order valence-electron chi connectivity index (χ4n) is 9.86. The number of hydrogen-bond acceptors (Lipinski definition) is 6. The van der Waals surface area contributed by atoms with Gasteiger partial charge in [0.1, 0.15) is 11.6 Å². The average molecular weight is 753 g/mol. The van der Waals surface area contributed by atoms with Gasteiger partial charge in [-0.05, 0) is 78.4 Å². The Labute approximate surface area is 315 Å². The molecule has 5 aliphatic rings. The van der Waals surface area contributed by atoms with Gasteiger partial charge in [-0.2, -0.15) is 0 Å². The number of phenolic OH excluding ortho intramolecular Hbond substituents is 1. The molecule has 11 heteroatoms. The van der Waals surface area contributed by atoms with Crippen molar-refractivity contribution in [2.24, 2.45) is 17.8 Å². The number of carbonyl (C=O) groups excluding carboxylic acids is 4. The molecule has 4 aromatic rings. The van der Waals surface area contributed by atoms with E-state index < -0.39 is 51.1 Å². The molecule has 0 unspecified atom stereocenters. The maximum Gasteiger partial charge on any atom is 0.258 e.